The lowest BCUT2D eigenvalue weighted by atomic mass is 9.98. The number of amidine groups is 1. The molecule has 0 bridgehead atoms. The molecule has 2 aromatic carbocycles. The number of pyridine rings is 1. The highest BCUT2D eigenvalue weighted by molar-refractivity contribution is 5.96. The highest BCUT2D eigenvalue weighted by Crippen LogP contribution is 2.25. The summed E-state index contributed by atoms with van der Waals surface area (Å²) in [6.45, 7) is 1.87. The van der Waals surface area contributed by atoms with Gasteiger partial charge in [-0.1, -0.05) is 60.7 Å². The fourth-order valence-corrected chi connectivity index (χ4v) is 3.70. The molecule has 0 aliphatic carbocycles. The highest BCUT2D eigenvalue weighted by atomic mass is 16.5. The third-order valence-corrected chi connectivity index (χ3v) is 5.34. The molecule has 176 valence electrons. The van der Waals surface area contributed by atoms with Crippen molar-refractivity contribution in [3.63, 3.8) is 0 Å². The monoisotopic (exact) mass is 460 g/mol. The largest absolute Gasteiger partial charge is 0.467 e. The first-order valence-corrected chi connectivity index (χ1v) is 10.9. The van der Waals surface area contributed by atoms with Gasteiger partial charge in [-0.3, -0.25) is 15.0 Å². The summed E-state index contributed by atoms with van der Waals surface area (Å²) < 4.78 is 6.32. The molecule has 0 fully saturated rings. The number of amides is 1. The summed E-state index contributed by atoms with van der Waals surface area (Å²) in [7, 11) is 1.23. The number of aromatic nitrogens is 1. The summed E-state index contributed by atoms with van der Waals surface area (Å²) in [5.74, 6) is -1.05. The van der Waals surface area contributed by atoms with Crippen molar-refractivity contribution in [1.82, 2.24) is 15.2 Å². The summed E-state index contributed by atoms with van der Waals surface area (Å²) in [5, 5.41) is 12.8. The van der Waals surface area contributed by atoms with Gasteiger partial charge in [-0.25, -0.2) is 4.79 Å². The SMILES string of the molecule is COC(=O)[C@H](CCNC(C)=N)NC(=O)c1cccn(C(c2ccccc2)c2ccccc2)c1=O. The number of nitrogens with one attached hydrogen (secondary N) is 3. The zero-order valence-corrected chi connectivity index (χ0v) is 19.2. The number of hydrogen-bond donors (Lipinski definition) is 3. The fraction of sp³-hybridized carbons (Fsp3) is 0.231. The van der Waals surface area contributed by atoms with Crippen LogP contribution in [0.3, 0.4) is 0 Å². The lowest BCUT2D eigenvalue weighted by molar-refractivity contribution is -0.143. The van der Waals surface area contributed by atoms with Gasteiger partial charge in [0.1, 0.15) is 11.6 Å². The van der Waals surface area contributed by atoms with E-state index in [2.05, 4.69) is 10.6 Å². The maximum atomic E-state index is 13.5. The number of ether oxygens (including phenoxy) is 1. The lowest BCUT2D eigenvalue weighted by Gasteiger charge is -2.22. The molecule has 0 aliphatic heterocycles. The van der Waals surface area contributed by atoms with E-state index in [4.69, 9.17) is 10.1 Å². The van der Waals surface area contributed by atoms with E-state index in [9.17, 15) is 14.4 Å². The maximum Gasteiger partial charge on any atom is 0.328 e. The number of benzene rings is 2. The summed E-state index contributed by atoms with van der Waals surface area (Å²) >= 11 is 0. The van der Waals surface area contributed by atoms with Crippen molar-refractivity contribution in [2.75, 3.05) is 13.7 Å². The van der Waals surface area contributed by atoms with Crippen molar-refractivity contribution in [3.05, 3.63) is 106 Å². The Labute approximate surface area is 198 Å². The summed E-state index contributed by atoms with van der Waals surface area (Å²) in [6, 6.07) is 20.8. The number of methoxy groups -OCH3 is 1. The molecule has 0 saturated carbocycles. The lowest BCUT2D eigenvalue weighted by Crippen LogP contribution is -2.45. The zero-order chi connectivity index (χ0) is 24.5. The number of carbonyl (C=O) groups is 2. The molecule has 0 radical (unpaired) electrons. The predicted molar refractivity (Wildman–Crippen MR) is 130 cm³/mol. The van der Waals surface area contributed by atoms with E-state index in [-0.39, 0.29) is 17.8 Å². The number of carbonyl (C=O) groups excluding carboxylic acids is 2. The first kappa shape index (κ1) is 24.4. The Morgan fingerprint density at radius 2 is 1.56 bits per heavy atom. The van der Waals surface area contributed by atoms with Crippen LogP contribution >= 0.6 is 0 Å². The van der Waals surface area contributed by atoms with Crippen LogP contribution in [0.4, 0.5) is 0 Å². The molecular weight excluding hydrogens is 432 g/mol. The Hall–Kier alpha value is -4.20. The average Bonchev–Trinajstić information content (AvgIpc) is 2.85. The van der Waals surface area contributed by atoms with Crippen molar-refractivity contribution >= 4 is 17.7 Å². The van der Waals surface area contributed by atoms with Crippen molar-refractivity contribution in [3.8, 4) is 0 Å². The van der Waals surface area contributed by atoms with Crippen LogP contribution in [0.5, 0.6) is 0 Å². The molecule has 1 aromatic heterocycles. The molecule has 1 atom stereocenters. The van der Waals surface area contributed by atoms with E-state index in [0.717, 1.165) is 11.1 Å². The van der Waals surface area contributed by atoms with Crippen LogP contribution in [0, 0.1) is 5.41 Å². The van der Waals surface area contributed by atoms with Gasteiger partial charge in [-0.15, -0.1) is 0 Å². The van der Waals surface area contributed by atoms with Gasteiger partial charge in [-0.2, -0.15) is 0 Å². The molecular formula is C26H28N4O4. The zero-order valence-electron chi connectivity index (χ0n) is 19.2. The second kappa shape index (κ2) is 11.6. The van der Waals surface area contributed by atoms with Crippen LogP contribution in [0.25, 0.3) is 0 Å². The minimum absolute atomic E-state index is 0.0792. The molecule has 34 heavy (non-hydrogen) atoms. The smallest absolute Gasteiger partial charge is 0.328 e. The molecule has 1 heterocycles. The molecule has 3 rings (SSSR count). The van der Waals surface area contributed by atoms with Gasteiger partial charge in [-0.05, 0) is 36.6 Å². The van der Waals surface area contributed by atoms with E-state index >= 15 is 0 Å². The molecule has 8 heteroatoms. The number of rotatable bonds is 9. The Morgan fingerprint density at radius 3 is 2.09 bits per heavy atom. The molecule has 1 amide bonds. The first-order valence-electron chi connectivity index (χ1n) is 10.9. The second-order valence-corrected chi connectivity index (χ2v) is 7.75. The average molecular weight is 461 g/mol. The maximum absolute atomic E-state index is 13.5. The van der Waals surface area contributed by atoms with Gasteiger partial charge < -0.3 is 19.9 Å². The molecule has 3 N–H and O–H groups in total. The fourth-order valence-electron chi connectivity index (χ4n) is 3.70. The van der Waals surface area contributed by atoms with E-state index in [1.165, 1.54) is 17.7 Å². The minimum atomic E-state index is -0.962. The Balaban J connectivity index is 1.94. The molecule has 0 aliphatic rings. The third kappa shape index (κ3) is 5.98. The summed E-state index contributed by atoms with van der Waals surface area (Å²) in [5.41, 5.74) is 1.24. The van der Waals surface area contributed by atoms with Crippen molar-refractivity contribution in [2.45, 2.75) is 25.4 Å². The van der Waals surface area contributed by atoms with Crippen LogP contribution in [0.2, 0.25) is 0 Å². The van der Waals surface area contributed by atoms with Gasteiger partial charge in [0.15, 0.2) is 0 Å². The Kier molecular flexibility index (Phi) is 8.34. The molecule has 8 nitrogen and oxygen atoms in total. The third-order valence-electron chi connectivity index (χ3n) is 5.34. The van der Waals surface area contributed by atoms with E-state index < -0.39 is 29.5 Å². The standard InChI is InChI=1S/C26H28N4O4/c1-18(27)28-16-15-22(26(33)34-2)29-24(31)21-14-9-17-30(25(21)32)23(19-10-5-3-6-11-19)20-12-7-4-8-13-20/h3-14,17,22-23H,15-16H2,1-2H3,(H2,27,28)(H,29,31)/t22-/m0/s1. The number of esters is 1. The van der Waals surface area contributed by atoms with Crippen LogP contribution in [0.1, 0.15) is 40.9 Å². The molecule has 3 aromatic rings. The predicted octanol–water partition coefficient (Wildman–Crippen LogP) is 2.73. The van der Waals surface area contributed by atoms with Gasteiger partial charge in [0, 0.05) is 12.7 Å². The summed E-state index contributed by atoms with van der Waals surface area (Å²) in [6.07, 6.45) is 1.85. The number of nitrogens with zero attached hydrogens (tertiary/aromatic N) is 1. The molecule has 0 saturated heterocycles. The number of hydrogen-bond acceptors (Lipinski definition) is 5. The van der Waals surface area contributed by atoms with Gasteiger partial charge in [0.05, 0.1) is 19.0 Å². The molecule has 0 spiro atoms. The summed E-state index contributed by atoms with van der Waals surface area (Å²) in [4.78, 5) is 38.7. The van der Waals surface area contributed by atoms with Gasteiger partial charge in [0.25, 0.3) is 11.5 Å². The normalized spacial score (nSPS) is 11.5. The quantitative estimate of drug-likeness (QED) is 0.258. The van der Waals surface area contributed by atoms with Crippen LogP contribution in [-0.4, -0.2) is 42.0 Å². The van der Waals surface area contributed by atoms with Crippen LogP contribution in [0.15, 0.2) is 83.8 Å². The van der Waals surface area contributed by atoms with Crippen molar-refractivity contribution in [2.24, 2.45) is 0 Å². The van der Waals surface area contributed by atoms with Gasteiger partial charge in [0.2, 0.25) is 0 Å². The van der Waals surface area contributed by atoms with E-state index in [0.29, 0.717) is 6.54 Å². The van der Waals surface area contributed by atoms with E-state index in [1.807, 2.05) is 60.7 Å². The van der Waals surface area contributed by atoms with E-state index in [1.54, 1.807) is 19.2 Å². The topological polar surface area (TPSA) is 113 Å². The Bertz CT molecular complexity index is 1150. The second-order valence-electron chi connectivity index (χ2n) is 7.75. The van der Waals surface area contributed by atoms with Crippen molar-refractivity contribution < 1.29 is 14.3 Å². The Morgan fingerprint density at radius 1 is 0.971 bits per heavy atom. The first-order chi connectivity index (χ1) is 16.4. The highest BCUT2D eigenvalue weighted by Gasteiger charge is 2.25. The molecule has 0 unspecified atom stereocenters. The van der Waals surface area contributed by atoms with Crippen molar-refractivity contribution in [1.29, 1.82) is 5.41 Å². The van der Waals surface area contributed by atoms with Crippen LogP contribution < -0.4 is 16.2 Å². The van der Waals surface area contributed by atoms with Crippen LogP contribution in [-0.2, 0) is 9.53 Å². The van der Waals surface area contributed by atoms with Gasteiger partial charge >= 0.3 is 5.97 Å². The minimum Gasteiger partial charge on any atom is -0.467 e.